The van der Waals surface area contributed by atoms with Gasteiger partial charge in [0.15, 0.2) is 0 Å². The van der Waals surface area contributed by atoms with E-state index in [0.717, 1.165) is 0 Å². The highest BCUT2D eigenvalue weighted by atomic mass is 35.5. The van der Waals surface area contributed by atoms with Crippen LogP contribution < -0.4 is 15.2 Å². The molecule has 0 aliphatic rings. The monoisotopic (exact) mass is 283 g/mol. The van der Waals surface area contributed by atoms with E-state index in [9.17, 15) is 4.79 Å². The van der Waals surface area contributed by atoms with Crippen LogP contribution in [0.4, 0.5) is 0 Å². The zero-order valence-electron chi connectivity index (χ0n) is 11.4. The molecule has 1 aromatic carbocycles. The Morgan fingerprint density at radius 1 is 1.26 bits per heavy atom. The first-order valence-electron chi connectivity index (χ1n) is 5.46. The van der Waals surface area contributed by atoms with Gasteiger partial charge in [-0.1, -0.05) is 5.92 Å². The van der Waals surface area contributed by atoms with Gasteiger partial charge in [-0.05, 0) is 31.9 Å². The van der Waals surface area contributed by atoms with Crippen LogP contribution in [-0.2, 0) is 0 Å². The molecule has 0 fully saturated rings. The predicted molar refractivity (Wildman–Crippen MR) is 77.2 cm³/mol. The molecule has 4 nitrogen and oxygen atoms in total. The normalized spacial score (nSPS) is 9.74. The van der Waals surface area contributed by atoms with Crippen molar-refractivity contribution in [1.29, 1.82) is 0 Å². The van der Waals surface area contributed by atoms with E-state index >= 15 is 0 Å². The molecule has 1 rings (SSSR count). The van der Waals surface area contributed by atoms with Crippen LogP contribution in [-0.4, -0.2) is 25.5 Å². The Balaban J connectivity index is 0.00000324. The third-order valence-corrected chi connectivity index (χ3v) is 2.15. The second kappa shape index (κ2) is 7.03. The average Bonchev–Trinajstić information content (AvgIpc) is 2.34. The van der Waals surface area contributed by atoms with Crippen molar-refractivity contribution < 1.29 is 14.3 Å². The van der Waals surface area contributed by atoms with Crippen LogP contribution in [0, 0.1) is 11.8 Å². The van der Waals surface area contributed by atoms with Gasteiger partial charge in [0.2, 0.25) is 5.78 Å². The summed E-state index contributed by atoms with van der Waals surface area (Å²) >= 11 is 0. The van der Waals surface area contributed by atoms with Crippen molar-refractivity contribution in [2.45, 2.75) is 19.4 Å². The molecule has 0 aliphatic carbocycles. The number of benzene rings is 1. The second-order valence-corrected chi connectivity index (χ2v) is 4.37. The molecule has 0 atom stereocenters. The highest BCUT2D eigenvalue weighted by molar-refractivity contribution is 6.11. The molecule has 0 heterocycles. The van der Waals surface area contributed by atoms with Crippen LogP contribution >= 0.6 is 12.4 Å². The maximum absolute atomic E-state index is 11.9. The number of rotatable bonds is 3. The Morgan fingerprint density at radius 3 is 2.37 bits per heavy atom. The van der Waals surface area contributed by atoms with Crippen molar-refractivity contribution in [1.82, 2.24) is 0 Å². The number of hydrogen-bond donors (Lipinski definition) is 1. The fourth-order valence-electron chi connectivity index (χ4n) is 1.27. The van der Waals surface area contributed by atoms with Gasteiger partial charge in [-0.15, -0.1) is 12.4 Å². The number of hydrogen-bond acceptors (Lipinski definition) is 4. The topological polar surface area (TPSA) is 61.5 Å². The molecule has 0 aromatic heterocycles. The van der Waals surface area contributed by atoms with Crippen molar-refractivity contribution in [2.75, 3.05) is 14.2 Å². The number of nitrogens with two attached hydrogens (primary N) is 1. The first-order valence-corrected chi connectivity index (χ1v) is 5.46. The number of carbonyl (C=O) groups is 1. The Hall–Kier alpha value is -1.70. The number of carbonyl (C=O) groups excluding carboxylic acids is 1. The molecule has 0 saturated heterocycles. The summed E-state index contributed by atoms with van der Waals surface area (Å²) in [5.41, 5.74) is 5.40. The van der Waals surface area contributed by atoms with E-state index in [1.807, 2.05) is 0 Å². The second-order valence-electron chi connectivity index (χ2n) is 4.37. The minimum absolute atomic E-state index is 0. The predicted octanol–water partition coefficient (Wildman–Crippen LogP) is 2.05. The molecule has 1 aromatic rings. The van der Waals surface area contributed by atoms with Crippen LogP contribution in [0.25, 0.3) is 0 Å². The van der Waals surface area contributed by atoms with Gasteiger partial charge in [-0.2, -0.15) is 0 Å². The summed E-state index contributed by atoms with van der Waals surface area (Å²) in [7, 11) is 3.04. The van der Waals surface area contributed by atoms with Crippen molar-refractivity contribution >= 4 is 18.2 Å². The fraction of sp³-hybridized carbons (Fsp3) is 0.357. The fourth-order valence-corrected chi connectivity index (χ4v) is 1.27. The zero-order chi connectivity index (χ0) is 13.8. The minimum Gasteiger partial charge on any atom is -0.497 e. The zero-order valence-corrected chi connectivity index (χ0v) is 12.3. The van der Waals surface area contributed by atoms with Crippen LogP contribution in [0.15, 0.2) is 18.2 Å². The molecule has 19 heavy (non-hydrogen) atoms. The summed E-state index contributed by atoms with van der Waals surface area (Å²) in [6.45, 7) is 3.47. The van der Waals surface area contributed by atoms with Crippen LogP contribution in [0.3, 0.4) is 0 Å². The molecule has 0 aliphatic heterocycles. The molecule has 0 amide bonds. The number of ketones is 1. The van der Waals surface area contributed by atoms with Gasteiger partial charge in [0.25, 0.3) is 0 Å². The van der Waals surface area contributed by atoms with Crippen LogP contribution in [0.2, 0.25) is 0 Å². The van der Waals surface area contributed by atoms with Gasteiger partial charge >= 0.3 is 0 Å². The minimum atomic E-state index is -0.699. The van der Waals surface area contributed by atoms with E-state index in [1.165, 1.54) is 7.11 Å². The molecule has 0 radical (unpaired) electrons. The summed E-state index contributed by atoms with van der Waals surface area (Å²) in [5.74, 6) is 5.94. The Bertz CT molecular complexity index is 510. The number of ether oxygens (including phenoxy) is 2. The van der Waals surface area contributed by atoms with E-state index in [0.29, 0.717) is 17.1 Å². The largest absolute Gasteiger partial charge is 0.497 e. The maximum Gasteiger partial charge on any atom is 0.239 e. The molecular weight excluding hydrogens is 266 g/mol. The lowest BCUT2D eigenvalue weighted by Crippen LogP contribution is -2.29. The molecular formula is C14H18ClNO3. The summed E-state index contributed by atoms with van der Waals surface area (Å²) in [4.78, 5) is 11.9. The van der Waals surface area contributed by atoms with E-state index < -0.39 is 5.54 Å². The smallest absolute Gasteiger partial charge is 0.239 e. The molecule has 2 N–H and O–H groups in total. The standard InChI is InChI=1S/C14H17NO3.ClH/c1-14(2,15)8-7-12(16)11-6-5-10(17-3)9-13(11)18-4;/h5-6,9H,15H2,1-4H3;1H. The lowest BCUT2D eigenvalue weighted by Gasteiger charge is -2.09. The SMILES string of the molecule is COc1ccc(C(=O)C#CC(C)(C)N)c(OC)c1.Cl. The van der Waals surface area contributed by atoms with Crippen molar-refractivity contribution in [3.63, 3.8) is 0 Å². The van der Waals surface area contributed by atoms with Crippen molar-refractivity contribution in [2.24, 2.45) is 5.73 Å². The van der Waals surface area contributed by atoms with Crippen molar-refractivity contribution in [3.05, 3.63) is 23.8 Å². The quantitative estimate of drug-likeness (QED) is 0.524. The summed E-state index contributed by atoms with van der Waals surface area (Å²) in [6, 6.07) is 4.95. The van der Waals surface area contributed by atoms with E-state index in [4.69, 9.17) is 15.2 Å². The molecule has 5 heteroatoms. The first-order chi connectivity index (χ1) is 8.37. The molecule has 104 valence electrons. The number of Topliss-reactive ketones (excluding diaryl/α,β-unsaturated/α-hetero) is 1. The van der Waals surface area contributed by atoms with Crippen LogP contribution in [0.1, 0.15) is 24.2 Å². The van der Waals surface area contributed by atoms with Gasteiger partial charge in [0.1, 0.15) is 11.5 Å². The van der Waals surface area contributed by atoms with Crippen LogP contribution in [0.5, 0.6) is 11.5 Å². The van der Waals surface area contributed by atoms with E-state index in [2.05, 4.69) is 11.8 Å². The summed E-state index contributed by atoms with van der Waals surface area (Å²) in [5, 5.41) is 0. The van der Waals surface area contributed by atoms with Gasteiger partial charge in [0, 0.05) is 6.07 Å². The number of halogens is 1. The van der Waals surface area contributed by atoms with Gasteiger partial charge in [-0.25, -0.2) is 0 Å². The Kier molecular flexibility index (Phi) is 6.40. The molecule has 0 saturated carbocycles. The molecule has 0 bridgehead atoms. The van der Waals surface area contributed by atoms with E-state index in [1.54, 1.807) is 39.2 Å². The van der Waals surface area contributed by atoms with Crippen molar-refractivity contribution in [3.8, 4) is 23.3 Å². The Labute approximate surface area is 119 Å². The Morgan fingerprint density at radius 2 is 1.89 bits per heavy atom. The third kappa shape index (κ3) is 5.21. The molecule has 0 unspecified atom stereocenters. The summed E-state index contributed by atoms with van der Waals surface area (Å²) in [6.07, 6.45) is 0. The summed E-state index contributed by atoms with van der Waals surface area (Å²) < 4.78 is 10.2. The van der Waals surface area contributed by atoms with Gasteiger partial charge < -0.3 is 15.2 Å². The highest BCUT2D eigenvalue weighted by Crippen LogP contribution is 2.24. The number of methoxy groups -OCH3 is 2. The average molecular weight is 284 g/mol. The molecule has 0 spiro atoms. The van der Waals surface area contributed by atoms with Gasteiger partial charge in [0.05, 0.1) is 25.3 Å². The van der Waals surface area contributed by atoms with E-state index in [-0.39, 0.29) is 18.2 Å². The lowest BCUT2D eigenvalue weighted by molar-refractivity contribution is 0.105. The highest BCUT2D eigenvalue weighted by Gasteiger charge is 2.12. The maximum atomic E-state index is 11.9. The third-order valence-electron chi connectivity index (χ3n) is 2.15. The van der Waals surface area contributed by atoms with Gasteiger partial charge in [-0.3, -0.25) is 4.79 Å². The first kappa shape index (κ1) is 17.3. The lowest BCUT2D eigenvalue weighted by atomic mass is 10.1.